The second-order valence-corrected chi connectivity index (χ2v) is 7.80. The minimum Gasteiger partial charge on any atom is -0.478 e. The van der Waals surface area contributed by atoms with E-state index in [0.717, 1.165) is 12.3 Å². The summed E-state index contributed by atoms with van der Waals surface area (Å²) in [7, 11) is -3.54. The maximum atomic E-state index is 12.5. The molecule has 1 unspecified atom stereocenters. The molecular formula is C18H22N2O6S. The second-order valence-electron chi connectivity index (χ2n) is 5.86. The molecule has 27 heavy (non-hydrogen) atoms. The molecule has 9 heteroatoms. The van der Waals surface area contributed by atoms with Crippen LogP contribution < -0.4 is 5.32 Å². The van der Waals surface area contributed by atoms with Crippen LogP contribution in [0.25, 0.3) is 0 Å². The number of hydrogen-bond acceptors (Lipinski definition) is 5. The summed E-state index contributed by atoms with van der Waals surface area (Å²) >= 11 is 0. The van der Waals surface area contributed by atoms with Crippen LogP contribution in [-0.2, 0) is 10.0 Å². The molecule has 1 heterocycles. The number of nitrogens with zero attached hydrogens (tertiary/aromatic N) is 1. The summed E-state index contributed by atoms with van der Waals surface area (Å²) in [6, 6.07) is 6.98. The molecule has 146 valence electrons. The zero-order valence-electron chi connectivity index (χ0n) is 15.3. The van der Waals surface area contributed by atoms with Gasteiger partial charge in [0, 0.05) is 19.2 Å². The molecule has 1 atom stereocenters. The van der Waals surface area contributed by atoms with E-state index in [1.807, 2.05) is 0 Å². The number of furan rings is 1. The number of sulfonamides is 1. The van der Waals surface area contributed by atoms with Crippen molar-refractivity contribution in [3.05, 3.63) is 53.5 Å². The van der Waals surface area contributed by atoms with Gasteiger partial charge in [-0.3, -0.25) is 4.79 Å². The van der Waals surface area contributed by atoms with E-state index in [9.17, 15) is 18.0 Å². The molecular weight excluding hydrogens is 372 g/mol. The molecule has 8 nitrogen and oxygen atoms in total. The highest BCUT2D eigenvalue weighted by molar-refractivity contribution is 7.89. The number of carboxylic acid groups (broad SMARTS) is 1. The van der Waals surface area contributed by atoms with Gasteiger partial charge in [0.05, 0.1) is 16.5 Å². The van der Waals surface area contributed by atoms with Gasteiger partial charge in [0.25, 0.3) is 5.91 Å². The lowest BCUT2D eigenvalue weighted by Crippen LogP contribution is -2.30. The third-order valence-electron chi connectivity index (χ3n) is 4.14. The van der Waals surface area contributed by atoms with Crippen molar-refractivity contribution in [2.75, 3.05) is 13.1 Å². The highest BCUT2D eigenvalue weighted by atomic mass is 32.2. The predicted molar refractivity (Wildman–Crippen MR) is 98.1 cm³/mol. The molecule has 0 aliphatic carbocycles. The van der Waals surface area contributed by atoms with Crippen LogP contribution in [0.3, 0.4) is 0 Å². The molecule has 0 bridgehead atoms. The van der Waals surface area contributed by atoms with Crippen molar-refractivity contribution in [1.82, 2.24) is 9.62 Å². The molecule has 2 aromatic rings. The van der Waals surface area contributed by atoms with Gasteiger partial charge in [0.15, 0.2) is 5.76 Å². The predicted octanol–water partition coefficient (Wildman–Crippen LogP) is 2.50. The Morgan fingerprint density at radius 3 is 2.26 bits per heavy atom. The van der Waals surface area contributed by atoms with Crippen molar-refractivity contribution in [2.24, 2.45) is 0 Å². The van der Waals surface area contributed by atoms with E-state index in [4.69, 9.17) is 9.52 Å². The molecule has 1 aromatic heterocycles. The van der Waals surface area contributed by atoms with Gasteiger partial charge < -0.3 is 14.8 Å². The van der Waals surface area contributed by atoms with Crippen molar-refractivity contribution in [1.29, 1.82) is 0 Å². The first kappa shape index (κ1) is 20.7. The zero-order valence-corrected chi connectivity index (χ0v) is 16.1. The maximum absolute atomic E-state index is 12.5. The van der Waals surface area contributed by atoms with Gasteiger partial charge >= 0.3 is 5.97 Å². The Morgan fingerprint density at radius 2 is 1.78 bits per heavy atom. The van der Waals surface area contributed by atoms with Crippen molar-refractivity contribution < 1.29 is 27.5 Å². The smallest absolute Gasteiger partial charge is 0.338 e. The van der Waals surface area contributed by atoms with Gasteiger partial charge in [0.1, 0.15) is 6.26 Å². The normalized spacial score (nSPS) is 12.7. The van der Waals surface area contributed by atoms with Gasteiger partial charge in [-0.1, -0.05) is 26.0 Å². The molecule has 0 radical (unpaired) electrons. The van der Waals surface area contributed by atoms with Crippen molar-refractivity contribution in [3.63, 3.8) is 0 Å². The number of nitrogens with one attached hydrogen (secondary N) is 1. The van der Waals surface area contributed by atoms with Crippen LogP contribution in [0.2, 0.25) is 0 Å². The first-order valence-electron chi connectivity index (χ1n) is 8.43. The van der Waals surface area contributed by atoms with Crippen LogP contribution in [0.15, 0.2) is 45.9 Å². The summed E-state index contributed by atoms with van der Waals surface area (Å²) in [6.45, 7) is 6.05. The number of rotatable bonds is 8. The Labute approximate surface area is 157 Å². The monoisotopic (exact) mass is 394 g/mol. The van der Waals surface area contributed by atoms with Gasteiger partial charge in [-0.25, -0.2) is 13.2 Å². The van der Waals surface area contributed by atoms with Crippen LogP contribution in [0, 0.1) is 0 Å². The van der Waals surface area contributed by atoms with Crippen LogP contribution >= 0.6 is 0 Å². The second kappa shape index (κ2) is 8.36. The lowest BCUT2D eigenvalue weighted by Gasteiger charge is -2.19. The summed E-state index contributed by atoms with van der Waals surface area (Å²) in [5, 5.41) is 11.5. The van der Waals surface area contributed by atoms with E-state index in [2.05, 4.69) is 5.32 Å². The Morgan fingerprint density at radius 1 is 1.19 bits per heavy atom. The van der Waals surface area contributed by atoms with Crippen LogP contribution in [0.1, 0.15) is 53.3 Å². The minimum atomic E-state index is -3.54. The summed E-state index contributed by atoms with van der Waals surface area (Å²) in [4.78, 5) is 23.2. The number of carbonyl (C=O) groups excluding carboxylic acids is 1. The lowest BCUT2D eigenvalue weighted by atomic mass is 10.1. The van der Waals surface area contributed by atoms with Gasteiger partial charge in [-0.15, -0.1) is 0 Å². The van der Waals surface area contributed by atoms with E-state index in [1.165, 1.54) is 16.4 Å². The third kappa shape index (κ3) is 4.55. The van der Waals surface area contributed by atoms with E-state index in [0.29, 0.717) is 18.7 Å². The number of benzene rings is 1. The number of carboxylic acids is 1. The number of carbonyl (C=O) groups is 2. The molecule has 1 amide bonds. The molecule has 0 aliphatic rings. The average Bonchev–Trinajstić information content (AvgIpc) is 3.13. The third-order valence-corrected chi connectivity index (χ3v) is 6.21. The Hall–Kier alpha value is -2.65. The fourth-order valence-corrected chi connectivity index (χ4v) is 4.02. The van der Waals surface area contributed by atoms with E-state index in [-0.39, 0.29) is 16.2 Å². The van der Waals surface area contributed by atoms with E-state index < -0.39 is 27.9 Å². The molecule has 0 fully saturated rings. The van der Waals surface area contributed by atoms with Crippen LogP contribution in [-0.4, -0.2) is 42.8 Å². The highest BCUT2D eigenvalue weighted by Gasteiger charge is 2.22. The topological polar surface area (TPSA) is 117 Å². The first-order valence-corrected chi connectivity index (χ1v) is 9.87. The van der Waals surface area contributed by atoms with Gasteiger partial charge in [-0.05, 0) is 24.6 Å². The van der Waals surface area contributed by atoms with E-state index >= 15 is 0 Å². The number of aromatic carboxylic acids is 1. The number of amides is 1. The van der Waals surface area contributed by atoms with Gasteiger partial charge in [-0.2, -0.15) is 4.31 Å². The fraction of sp³-hybridized carbons (Fsp3) is 0.333. The highest BCUT2D eigenvalue weighted by Crippen LogP contribution is 2.20. The summed E-state index contributed by atoms with van der Waals surface area (Å²) in [5.41, 5.74) is 0.589. The minimum absolute atomic E-state index is 0.111. The molecule has 0 aliphatic heterocycles. The molecule has 2 N–H and O–H groups in total. The van der Waals surface area contributed by atoms with E-state index in [1.54, 1.807) is 32.9 Å². The molecule has 1 aromatic carbocycles. The van der Waals surface area contributed by atoms with Crippen LogP contribution in [0.4, 0.5) is 0 Å². The van der Waals surface area contributed by atoms with Crippen molar-refractivity contribution in [3.8, 4) is 0 Å². The molecule has 0 saturated carbocycles. The summed E-state index contributed by atoms with van der Waals surface area (Å²) in [5.74, 6) is -1.86. The average molecular weight is 394 g/mol. The van der Waals surface area contributed by atoms with Crippen molar-refractivity contribution in [2.45, 2.75) is 31.7 Å². The Balaban J connectivity index is 2.12. The zero-order chi connectivity index (χ0) is 20.2. The summed E-state index contributed by atoms with van der Waals surface area (Å²) in [6.07, 6.45) is 0.995. The lowest BCUT2D eigenvalue weighted by molar-refractivity contribution is 0.0695. The van der Waals surface area contributed by atoms with Gasteiger partial charge in [0.2, 0.25) is 10.0 Å². The molecule has 0 spiro atoms. The standard InChI is InChI=1S/C18H22N2O6S/c1-4-20(5-2)27(24,25)15-8-6-13(7-9-15)12(3)19-17(21)16-10-14(11-26-16)18(22)23/h6-12H,4-5H2,1-3H3,(H,19,21)(H,22,23). The number of hydrogen-bond donors (Lipinski definition) is 2. The Bertz CT molecular complexity index is 914. The summed E-state index contributed by atoms with van der Waals surface area (Å²) < 4.78 is 31.3. The molecule has 0 saturated heterocycles. The fourth-order valence-electron chi connectivity index (χ4n) is 2.56. The van der Waals surface area contributed by atoms with Crippen LogP contribution in [0.5, 0.6) is 0 Å². The maximum Gasteiger partial charge on any atom is 0.338 e. The first-order chi connectivity index (χ1) is 12.7. The largest absolute Gasteiger partial charge is 0.478 e. The van der Waals surface area contributed by atoms with Crippen molar-refractivity contribution >= 4 is 21.9 Å². The SMILES string of the molecule is CCN(CC)S(=O)(=O)c1ccc(C(C)NC(=O)c2cc(C(=O)O)co2)cc1. The molecule has 2 rings (SSSR count). The quantitative estimate of drug-likeness (QED) is 0.710. The Kier molecular flexibility index (Phi) is 6.40.